The molecule has 1 aromatic heterocycles. The molecule has 0 radical (unpaired) electrons. The van der Waals surface area contributed by atoms with Gasteiger partial charge in [-0.25, -0.2) is 0 Å². The molecule has 1 N–H and O–H groups in total. The van der Waals surface area contributed by atoms with Crippen LogP contribution in [0, 0.1) is 5.92 Å². The first kappa shape index (κ1) is 17.6. The van der Waals surface area contributed by atoms with E-state index in [0.717, 1.165) is 45.1 Å². The first-order valence-corrected chi connectivity index (χ1v) is 8.54. The van der Waals surface area contributed by atoms with E-state index in [4.69, 9.17) is 0 Å². The van der Waals surface area contributed by atoms with Crippen LogP contribution < -0.4 is 0 Å². The summed E-state index contributed by atoms with van der Waals surface area (Å²) in [6.45, 7) is 1.92. The van der Waals surface area contributed by atoms with Gasteiger partial charge in [-0.2, -0.15) is 18.0 Å². The quantitative estimate of drug-likeness (QED) is 0.904. The second-order valence-electron chi connectivity index (χ2n) is 7.24. The average molecular weight is 347 g/mol. The Labute approximate surface area is 139 Å². The topological polar surface area (TPSA) is 67.1 Å². The van der Waals surface area contributed by atoms with Crippen LogP contribution in [0.1, 0.15) is 51.3 Å². The Bertz CT molecular complexity index is 560. The van der Waals surface area contributed by atoms with Crippen molar-refractivity contribution in [2.24, 2.45) is 5.92 Å². The van der Waals surface area contributed by atoms with E-state index in [9.17, 15) is 18.3 Å². The van der Waals surface area contributed by atoms with Gasteiger partial charge in [0.25, 0.3) is 0 Å². The lowest BCUT2D eigenvalue weighted by atomic mass is 9.72. The van der Waals surface area contributed by atoms with Crippen LogP contribution in [-0.2, 0) is 13.1 Å². The van der Waals surface area contributed by atoms with Gasteiger partial charge in [0.15, 0.2) is 12.4 Å². The Kier molecular flexibility index (Phi) is 4.83. The van der Waals surface area contributed by atoms with E-state index in [1.165, 1.54) is 0 Å². The second-order valence-corrected chi connectivity index (χ2v) is 7.24. The van der Waals surface area contributed by atoms with E-state index in [-0.39, 0.29) is 12.0 Å². The average Bonchev–Trinajstić information content (AvgIpc) is 3.07. The standard InChI is InChI=1S/C15H24F3N5O/c1-14(24)7-3-2-5-11(14)12-6-4-8-22(12)9-13-19-21-23(20-13)10-15(16,17)18/h11-12,24H,2-10H2,1H3/t11-,12+,14-/m0/s1. The van der Waals surface area contributed by atoms with E-state index < -0.39 is 18.3 Å². The molecular formula is C15H24F3N5O. The van der Waals surface area contributed by atoms with Gasteiger partial charge in [0.05, 0.1) is 12.1 Å². The number of halogens is 3. The number of hydrogen-bond acceptors (Lipinski definition) is 5. The van der Waals surface area contributed by atoms with E-state index in [1.54, 1.807) is 0 Å². The number of tetrazole rings is 1. The zero-order valence-electron chi connectivity index (χ0n) is 13.8. The van der Waals surface area contributed by atoms with Gasteiger partial charge in [0.2, 0.25) is 0 Å². The fourth-order valence-corrected chi connectivity index (χ4v) is 4.20. The fraction of sp³-hybridized carbons (Fsp3) is 0.933. The van der Waals surface area contributed by atoms with Gasteiger partial charge in [0, 0.05) is 12.0 Å². The minimum Gasteiger partial charge on any atom is -0.390 e. The molecule has 3 atom stereocenters. The van der Waals surface area contributed by atoms with Gasteiger partial charge in [-0.05, 0) is 44.4 Å². The lowest BCUT2D eigenvalue weighted by Gasteiger charge is -2.43. The summed E-state index contributed by atoms with van der Waals surface area (Å²) in [5, 5.41) is 21.8. The molecule has 0 unspecified atom stereocenters. The van der Waals surface area contributed by atoms with Crippen LogP contribution in [0.15, 0.2) is 0 Å². The lowest BCUT2D eigenvalue weighted by molar-refractivity contribution is -0.145. The van der Waals surface area contributed by atoms with Crippen molar-refractivity contribution in [3.05, 3.63) is 5.82 Å². The Hall–Kier alpha value is -1.22. The van der Waals surface area contributed by atoms with Crippen LogP contribution in [0.2, 0.25) is 0 Å². The van der Waals surface area contributed by atoms with Crippen molar-refractivity contribution < 1.29 is 18.3 Å². The van der Waals surface area contributed by atoms with Crippen molar-refractivity contribution in [1.82, 2.24) is 25.1 Å². The third kappa shape index (κ3) is 4.05. The van der Waals surface area contributed by atoms with Gasteiger partial charge in [0.1, 0.15) is 0 Å². The summed E-state index contributed by atoms with van der Waals surface area (Å²) in [4.78, 5) is 2.79. The summed E-state index contributed by atoms with van der Waals surface area (Å²) in [6, 6.07) is 0.231. The van der Waals surface area contributed by atoms with Crippen molar-refractivity contribution in [1.29, 1.82) is 0 Å². The van der Waals surface area contributed by atoms with E-state index in [2.05, 4.69) is 20.3 Å². The van der Waals surface area contributed by atoms with Crippen molar-refractivity contribution in [3.63, 3.8) is 0 Å². The minimum atomic E-state index is -4.35. The second kappa shape index (κ2) is 6.59. The number of hydrogen-bond donors (Lipinski definition) is 1. The number of alkyl halides is 3. The predicted octanol–water partition coefficient (Wildman–Crippen LogP) is 2.14. The fourth-order valence-electron chi connectivity index (χ4n) is 4.20. The molecule has 9 heteroatoms. The molecule has 0 amide bonds. The van der Waals surface area contributed by atoms with Gasteiger partial charge >= 0.3 is 6.18 Å². The SMILES string of the molecule is C[C@]1(O)CCCC[C@H]1[C@H]1CCCN1Cc1nnn(CC(F)(F)F)n1. The third-order valence-electron chi connectivity index (χ3n) is 5.29. The van der Waals surface area contributed by atoms with E-state index in [0.29, 0.717) is 17.2 Å². The molecule has 0 bridgehead atoms. The highest BCUT2D eigenvalue weighted by molar-refractivity contribution is 4.97. The first-order chi connectivity index (χ1) is 11.2. The molecule has 0 aromatic carbocycles. The number of nitrogens with zero attached hydrogens (tertiary/aromatic N) is 5. The molecule has 0 spiro atoms. The number of aliphatic hydroxyl groups is 1. The maximum Gasteiger partial charge on any atom is 0.409 e. The molecule has 2 heterocycles. The van der Waals surface area contributed by atoms with Crippen molar-refractivity contribution in [3.8, 4) is 0 Å². The Balaban J connectivity index is 1.66. The highest BCUT2D eigenvalue weighted by Crippen LogP contribution is 2.40. The first-order valence-electron chi connectivity index (χ1n) is 8.54. The van der Waals surface area contributed by atoms with Gasteiger partial charge in [-0.3, -0.25) is 4.90 Å². The Morgan fingerprint density at radius 2 is 2.04 bits per heavy atom. The third-order valence-corrected chi connectivity index (χ3v) is 5.29. The largest absolute Gasteiger partial charge is 0.409 e. The molecule has 2 fully saturated rings. The summed E-state index contributed by atoms with van der Waals surface area (Å²) in [5.41, 5.74) is -0.674. The van der Waals surface area contributed by atoms with E-state index >= 15 is 0 Å². The molecule has 1 saturated heterocycles. The van der Waals surface area contributed by atoms with Crippen LogP contribution in [-0.4, -0.2) is 54.6 Å². The summed E-state index contributed by atoms with van der Waals surface area (Å²) in [7, 11) is 0. The van der Waals surface area contributed by atoms with Crippen LogP contribution in [0.5, 0.6) is 0 Å². The van der Waals surface area contributed by atoms with E-state index in [1.807, 2.05) is 6.92 Å². The highest BCUT2D eigenvalue weighted by atomic mass is 19.4. The zero-order chi connectivity index (χ0) is 17.4. The Morgan fingerprint density at radius 3 is 2.75 bits per heavy atom. The van der Waals surface area contributed by atoms with Crippen LogP contribution in [0.4, 0.5) is 13.2 Å². The van der Waals surface area contributed by atoms with Crippen LogP contribution in [0.3, 0.4) is 0 Å². The smallest absolute Gasteiger partial charge is 0.390 e. The zero-order valence-corrected chi connectivity index (χ0v) is 13.8. The lowest BCUT2D eigenvalue weighted by Crippen LogP contribution is -2.48. The summed E-state index contributed by atoms with van der Waals surface area (Å²) in [5.74, 6) is 0.501. The van der Waals surface area contributed by atoms with Crippen LogP contribution in [0.25, 0.3) is 0 Å². The molecule has 1 aliphatic heterocycles. The molecule has 1 aromatic rings. The molecule has 1 aliphatic carbocycles. The van der Waals surface area contributed by atoms with Gasteiger partial charge < -0.3 is 5.11 Å². The van der Waals surface area contributed by atoms with Crippen molar-refractivity contribution in [2.45, 2.75) is 76.4 Å². The van der Waals surface area contributed by atoms with Gasteiger partial charge in [-0.1, -0.05) is 12.8 Å². The van der Waals surface area contributed by atoms with Crippen molar-refractivity contribution in [2.75, 3.05) is 6.54 Å². The molecule has 3 rings (SSSR count). The maximum atomic E-state index is 12.4. The highest BCUT2D eigenvalue weighted by Gasteiger charge is 2.43. The maximum absolute atomic E-state index is 12.4. The van der Waals surface area contributed by atoms with Gasteiger partial charge in [-0.15, -0.1) is 10.2 Å². The normalized spacial score (nSPS) is 32.4. The molecule has 1 saturated carbocycles. The summed E-state index contributed by atoms with van der Waals surface area (Å²) >= 11 is 0. The molecule has 6 nitrogen and oxygen atoms in total. The monoisotopic (exact) mass is 347 g/mol. The van der Waals surface area contributed by atoms with Crippen molar-refractivity contribution >= 4 is 0 Å². The Morgan fingerprint density at radius 1 is 1.25 bits per heavy atom. The number of rotatable bonds is 4. The molecule has 136 valence electrons. The molecule has 24 heavy (non-hydrogen) atoms. The minimum absolute atomic E-state index is 0.193. The number of likely N-dealkylation sites (tertiary alicyclic amines) is 1. The molecule has 2 aliphatic rings. The van der Waals surface area contributed by atoms with Crippen LogP contribution >= 0.6 is 0 Å². The predicted molar refractivity (Wildman–Crippen MR) is 79.9 cm³/mol. The molecular weight excluding hydrogens is 323 g/mol. The summed E-state index contributed by atoms with van der Waals surface area (Å²) in [6.07, 6.45) is 1.62. The number of aromatic nitrogens is 4. The summed E-state index contributed by atoms with van der Waals surface area (Å²) < 4.78 is 37.1.